The lowest BCUT2D eigenvalue weighted by Gasteiger charge is -2.35. The number of nitrogens with one attached hydrogen (secondary N) is 1. The summed E-state index contributed by atoms with van der Waals surface area (Å²) in [6, 6.07) is 18.2. The van der Waals surface area contributed by atoms with Crippen molar-refractivity contribution in [3.63, 3.8) is 0 Å². The van der Waals surface area contributed by atoms with E-state index < -0.39 is 0 Å². The molecule has 0 fully saturated rings. The molecule has 0 radical (unpaired) electrons. The van der Waals surface area contributed by atoms with Crippen molar-refractivity contribution in [1.82, 2.24) is 0 Å². The maximum atomic E-state index is 13.2. The van der Waals surface area contributed by atoms with Gasteiger partial charge in [-0.3, -0.25) is 9.59 Å². The summed E-state index contributed by atoms with van der Waals surface area (Å²) in [7, 11) is 0. The van der Waals surface area contributed by atoms with E-state index in [9.17, 15) is 9.59 Å². The fourth-order valence-electron chi connectivity index (χ4n) is 4.94. The van der Waals surface area contributed by atoms with Crippen molar-refractivity contribution in [3.05, 3.63) is 77.0 Å². The number of ether oxygens (including phenoxy) is 2. The van der Waals surface area contributed by atoms with Crippen LogP contribution in [0.1, 0.15) is 56.6 Å². The summed E-state index contributed by atoms with van der Waals surface area (Å²) in [5.74, 6) is 0.581. The van der Waals surface area contributed by atoms with Crippen LogP contribution >= 0.6 is 0 Å². The first-order valence-corrected chi connectivity index (χ1v) is 11.6. The number of fused-ring (bicyclic) bond motifs is 3. The monoisotopic (exact) mass is 441 g/mol. The molecule has 0 bridgehead atoms. The van der Waals surface area contributed by atoms with E-state index in [1.807, 2.05) is 31.2 Å². The van der Waals surface area contributed by atoms with Crippen LogP contribution in [-0.2, 0) is 9.59 Å². The summed E-state index contributed by atoms with van der Waals surface area (Å²) in [5.41, 5.74) is 4.94. The smallest absolute Gasteiger partial charge is 0.311 e. The van der Waals surface area contributed by atoms with Crippen molar-refractivity contribution in [3.8, 4) is 11.5 Å². The number of allylic oxidation sites excluding steroid dienone is 2. The van der Waals surface area contributed by atoms with Crippen LogP contribution in [0.3, 0.4) is 0 Å². The van der Waals surface area contributed by atoms with Gasteiger partial charge in [-0.05, 0) is 59.9 Å². The zero-order valence-corrected chi connectivity index (χ0v) is 18.9. The molecule has 1 atom stereocenters. The maximum Gasteiger partial charge on any atom is 0.311 e. The van der Waals surface area contributed by atoms with Gasteiger partial charge in [0, 0.05) is 35.7 Å². The molecular weight excluding hydrogens is 414 g/mol. The van der Waals surface area contributed by atoms with Gasteiger partial charge in [-0.2, -0.15) is 0 Å². The first-order valence-electron chi connectivity index (χ1n) is 11.6. The van der Waals surface area contributed by atoms with E-state index >= 15 is 0 Å². The molecule has 3 aromatic rings. The fourth-order valence-corrected chi connectivity index (χ4v) is 4.94. The highest BCUT2D eigenvalue weighted by Crippen LogP contribution is 2.49. The summed E-state index contributed by atoms with van der Waals surface area (Å²) in [6.45, 7) is 4.10. The Hall–Kier alpha value is -3.60. The number of hydrogen-bond acceptors (Lipinski definition) is 5. The molecule has 168 valence electrons. The molecule has 5 heteroatoms. The van der Waals surface area contributed by atoms with E-state index in [4.69, 9.17) is 9.47 Å². The van der Waals surface area contributed by atoms with Crippen molar-refractivity contribution in [2.24, 2.45) is 0 Å². The SMILES string of the molecule is CCOc1cc(C2C3=C(CCCC3=O)Nc3ccc4ccccc4c32)ccc1OC(=O)CC. The van der Waals surface area contributed by atoms with Crippen LogP contribution < -0.4 is 14.8 Å². The van der Waals surface area contributed by atoms with Gasteiger partial charge >= 0.3 is 5.97 Å². The lowest BCUT2D eigenvalue weighted by atomic mass is 9.74. The van der Waals surface area contributed by atoms with Crippen LogP contribution in [0.2, 0.25) is 0 Å². The minimum Gasteiger partial charge on any atom is -0.490 e. The molecule has 0 aromatic heterocycles. The Balaban J connectivity index is 1.72. The van der Waals surface area contributed by atoms with Crippen molar-refractivity contribution >= 4 is 28.2 Å². The number of carbonyl (C=O) groups is 2. The normalized spacial score (nSPS) is 17.3. The molecule has 2 aliphatic rings. The third-order valence-electron chi connectivity index (χ3n) is 6.40. The Bertz CT molecular complexity index is 1290. The van der Waals surface area contributed by atoms with E-state index in [0.717, 1.165) is 51.7 Å². The maximum absolute atomic E-state index is 13.2. The van der Waals surface area contributed by atoms with E-state index in [-0.39, 0.29) is 24.1 Å². The Labute approximate surface area is 193 Å². The summed E-state index contributed by atoms with van der Waals surface area (Å²) in [6.07, 6.45) is 2.55. The predicted octanol–water partition coefficient (Wildman–Crippen LogP) is 6.12. The number of carbonyl (C=O) groups excluding carboxylic acids is 2. The molecule has 1 heterocycles. The van der Waals surface area contributed by atoms with Crippen molar-refractivity contribution in [2.75, 3.05) is 11.9 Å². The largest absolute Gasteiger partial charge is 0.490 e. The predicted molar refractivity (Wildman–Crippen MR) is 129 cm³/mol. The van der Waals surface area contributed by atoms with Crippen LogP contribution in [0.5, 0.6) is 11.5 Å². The van der Waals surface area contributed by atoms with Crippen LogP contribution in [0.4, 0.5) is 5.69 Å². The van der Waals surface area contributed by atoms with Crippen LogP contribution in [0.25, 0.3) is 10.8 Å². The minimum atomic E-state index is -0.311. The Morgan fingerprint density at radius 2 is 1.88 bits per heavy atom. The average Bonchev–Trinajstić information content (AvgIpc) is 2.84. The molecule has 0 spiro atoms. The Morgan fingerprint density at radius 1 is 1.03 bits per heavy atom. The van der Waals surface area contributed by atoms with Crippen LogP contribution in [-0.4, -0.2) is 18.4 Å². The molecule has 1 aliphatic heterocycles. The van der Waals surface area contributed by atoms with Gasteiger partial charge in [0.1, 0.15) is 0 Å². The molecule has 0 saturated heterocycles. The first kappa shape index (κ1) is 21.3. The molecule has 1 unspecified atom stereocenters. The standard InChI is InChI=1S/C28H27NO4/c1-3-25(31)33-23-15-13-18(16-24(23)32-4-2)26-27-19-9-6-5-8-17(19)12-14-21(27)29-20-10-7-11-22(30)28(20)26/h5-6,8-9,12-16,26,29H,3-4,7,10-11H2,1-2H3. The third kappa shape index (κ3) is 3.78. The van der Waals surface area contributed by atoms with E-state index in [1.54, 1.807) is 13.0 Å². The van der Waals surface area contributed by atoms with Gasteiger partial charge < -0.3 is 14.8 Å². The molecule has 33 heavy (non-hydrogen) atoms. The average molecular weight is 442 g/mol. The third-order valence-corrected chi connectivity index (χ3v) is 6.40. The number of benzene rings is 3. The second-order valence-corrected chi connectivity index (χ2v) is 8.44. The molecule has 0 saturated carbocycles. The topological polar surface area (TPSA) is 64.6 Å². The van der Waals surface area contributed by atoms with Gasteiger partial charge in [-0.15, -0.1) is 0 Å². The summed E-state index contributed by atoms with van der Waals surface area (Å²) in [5, 5.41) is 5.82. The van der Waals surface area contributed by atoms with Gasteiger partial charge in [-0.1, -0.05) is 43.3 Å². The number of rotatable bonds is 5. The number of Topliss-reactive ketones (excluding diaryl/α,β-unsaturated/α-hetero) is 1. The lowest BCUT2D eigenvalue weighted by Crippen LogP contribution is -2.27. The molecular formula is C28H27NO4. The fraction of sp³-hybridized carbons (Fsp3) is 0.286. The number of esters is 1. The van der Waals surface area contributed by atoms with Crippen LogP contribution in [0, 0.1) is 0 Å². The highest BCUT2D eigenvalue weighted by Gasteiger charge is 2.36. The van der Waals surface area contributed by atoms with Crippen molar-refractivity contribution in [2.45, 2.75) is 45.4 Å². The highest BCUT2D eigenvalue weighted by molar-refractivity contribution is 6.04. The summed E-state index contributed by atoms with van der Waals surface area (Å²) >= 11 is 0. The zero-order chi connectivity index (χ0) is 22.9. The molecule has 1 aliphatic carbocycles. The second-order valence-electron chi connectivity index (χ2n) is 8.44. The summed E-state index contributed by atoms with van der Waals surface area (Å²) < 4.78 is 11.4. The lowest BCUT2D eigenvalue weighted by molar-refractivity contribution is -0.134. The van der Waals surface area contributed by atoms with Crippen molar-refractivity contribution < 1.29 is 19.1 Å². The number of hydrogen-bond donors (Lipinski definition) is 1. The van der Waals surface area contributed by atoms with Crippen molar-refractivity contribution in [1.29, 1.82) is 0 Å². The molecule has 1 N–H and O–H groups in total. The summed E-state index contributed by atoms with van der Waals surface area (Å²) in [4.78, 5) is 25.1. The number of ketones is 1. The van der Waals surface area contributed by atoms with Gasteiger partial charge in [0.25, 0.3) is 0 Å². The van der Waals surface area contributed by atoms with Gasteiger partial charge in [-0.25, -0.2) is 0 Å². The quantitative estimate of drug-likeness (QED) is 0.382. The zero-order valence-electron chi connectivity index (χ0n) is 18.9. The van der Waals surface area contributed by atoms with Gasteiger partial charge in [0.05, 0.1) is 6.61 Å². The molecule has 5 nitrogen and oxygen atoms in total. The van der Waals surface area contributed by atoms with E-state index in [0.29, 0.717) is 24.5 Å². The van der Waals surface area contributed by atoms with Gasteiger partial charge in [0.2, 0.25) is 0 Å². The van der Waals surface area contributed by atoms with E-state index in [1.165, 1.54) is 0 Å². The Kier molecular flexibility index (Phi) is 5.63. The number of anilines is 1. The molecule has 0 amide bonds. The Morgan fingerprint density at radius 3 is 2.70 bits per heavy atom. The first-order chi connectivity index (χ1) is 16.1. The molecule has 5 rings (SSSR count). The second kappa shape index (κ2) is 8.74. The minimum absolute atomic E-state index is 0.187. The molecule has 3 aromatic carbocycles. The highest BCUT2D eigenvalue weighted by atomic mass is 16.6. The van der Waals surface area contributed by atoms with Gasteiger partial charge in [0.15, 0.2) is 17.3 Å². The van der Waals surface area contributed by atoms with Crippen LogP contribution in [0.15, 0.2) is 65.9 Å². The van der Waals surface area contributed by atoms with E-state index in [2.05, 4.69) is 29.6 Å².